The molecular weight excluding hydrogens is 412 g/mol. The van der Waals surface area contributed by atoms with E-state index in [2.05, 4.69) is 0 Å². The number of hydrogen-bond donors (Lipinski definition) is 4. The summed E-state index contributed by atoms with van der Waals surface area (Å²) >= 11 is 0. The Labute approximate surface area is 253 Å². The molecule has 130 valence electrons. The van der Waals surface area contributed by atoms with Gasteiger partial charge in [0.1, 0.15) is 0 Å². The smallest absolute Gasteiger partial charge is 1.00 e. The number of benzene rings is 2. The van der Waals surface area contributed by atoms with Gasteiger partial charge in [0.05, 0.1) is 22.3 Å². The van der Waals surface area contributed by atoms with E-state index >= 15 is 0 Å². The fraction of sp³-hybridized carbons (Fsp3) is 0. The van der Waals surface area contributed by atoms with Crippen molar-refractivity contribution in [3.05, 3.63) is 58.7 Å². The summed E-state index contributed by atoms with van der Waals surface area (Å²) in [4.78, 5) is 45.8. The Kier molecular flexibility index (Phi) is 16.9. The average molecular weight is 426 g/mol. The van der Waals surface area contributed by atoms with Crippen LogP contribution in [0.4, 0.5) is 0 Å². The standard InChI is InChI=1S/C16H10O8.4Na.4H/c17-13(18)9-6-8(7-4-2-1-3-5-7)10(14(19)20)12(16(23)24)11(9)15(21)22;;;;;;;;/h1-6H,(H,17,18)(H,19,20)(H,21,22)(H,23,24);;;;;;;;/q;4*+1;4*-1. The molecule has 0 aliphatic heterocycles. The molecule has 0 saturated heterocycles. The third-order valence-corrected chi connectivity index (χ3v) is 3.28. The van der Waals surface area contributed by atoms with Gasteiger partial charge in [-0.15, -0.1) is 0 Å². The van der Waals surface area contributed by atoms with Crippen molar-refractivity contribution in [2.45, 2.75) is 0 Å². The molecule has 2 rings (SSSR count). The van der Waals surface area contributed by atoms with Gasteiger partial charge >= 0.3 is 142 Å². The normalized spacial score (nSPS) is 8.71. The molecular formula is C16H14Na4O8. The summed E-state index contributed by atoms with van der Waals surface area (Å²) in [6.07, 6.45) is 0. The molecule has 0 aliphatic rings. The zero-order chi connectivity index (χ0) is 18.0. The second-order valence-corrected chi connectivity index (χ2v) is 4.68. The van der Waals surface area contributed by atoms with Crippen LogP contribution in [0.5, 0.6) is 0 Å². The number of carboxylic acid groups (broad SMARTS) is 4. The number of hydrogen-bond acceptors (Lipinski definition) is 4. The van der Waals surface area contributed by atoms with Crippen LogP contribution < -0.4 is 118 Å². The molecule has 12 heteroatoms. The summed E-state index contributed by atoms with van der Waals surface area (Å²) in [7, 11) is 0. The van der Waals surface area contributed by atoms with Crippen molar-refractivity contribution < 1.29 is 164 Å². The molecule has 0 fully saturated rings. The van der Waals surface area contributed by atoms with Crippen molar-refractivity contribution in [2.24, 2.45) is 0 Å². The average Bonchev–Trinajstić information content (AvgIpc) is 2.53. The summed E-state index contributed by atoms with van der Waals surface area (Å²) < 4.78 is 0. The molecule has 0 amide bonds. The second-order valence-electron chi connectivity index (χ2n) is 4.68. The molecule has 0 bridgehead atoms. The van der Waals surface area contributed by atoms with Crippen LogP contribution in [0.3, 0.4) is 0 Å². The SMILES string of the molecule is O=C(O)c1cc(-c2ccccc2)c(C(=O)O)c(C(=O)O)c1C(=O)O.[H-].[H-].[H-].[H-].[Na+].[Na+].[Na+].[Na+]. The Balaban J connectivity index is -0.000000156. The first kappa shape index (κ1) is 33.0. The first-order chi connectivity index (χ1) is 11.3. The Morgan fingerprint density at radius 3 is 1.39 bits per heavy atom. The van der Waals surface area contributed by atoms with Gasteiger partial charge in [-0.25, -0.2) is 19.2 Å². The summed E-state index contributed by atoms with van der Waals surface area (Å²) in [5.74, 6) is -7.04. The van der Waals surface area contributed by atoms with Crippen molar-refractivity contribution in [3.8, 4) is 11.1 Å². The van der Waals surface area contributed by atoms with Gasteiger partial charge in [-0.05, 0) is 17.2 Å². The van der Waals surface area contributed by atoms with E-state index in [9.17, 15) is 39.6 Å². The molecule has 0 aromatic heterocycles. The van der Waals surface area contributed by atoms with Crippen LogP contribution in [-0.4, -0.2) is 44.3 Å². The molecule has 0 spiro atoms. The second kappa shape index (κ2) is 14.3. The van der Waals surface area contributed by atoms with E-state index in [1.165, 1.54) is 12.1 Å². The minimum Gasteiger partial charge on any atom is -1.00 e. The summed E-state index contributed by atoms with van der Waals surface area (Å²) in [5.41, 5.74) is -3.68. The molecule has 0 heterocycles. The van der Waals surface area contributed by atoms with Gasteiger partial charge in [0.25, 0.3) is 0 Å². The van der Waals surface area contributed by atoms with Crippen LogP contribution in [0.2, 0.25) is 0 Å². The number of rotatable bonds is 5. The molecule has 28 heavy (non-hydrogen) atoms. The van der Waals surface area contributed by atoms with Crippen molar-refractivity contribution in [3.63, 3.8) is 0 Å². The number of aromatic carboxylic acids is 4. The third kappa shape index (κ3) is 7.23. The van der Waals surface area contributed by atoms with E-state index in [4.69, 9.17) is 0 Å². The fourth-order valence-corrected chi connectivity index (χ4v) is 2.36. The zero-order valence-corrected chi connectivity index (χ0v) is 23.9. The van der Waals surface area contributed by atoms with E-state index in [0.717, 1.165) is 6.07 Å². The Bertz CT molecular complexity index is 901. The molecule has 0 unspecified atom stereocenters. The van der Waals surface area contributed by atoms with Gasteiger partial charge in [-0.2, -0.15) is 0 Å². The third-order valence-electron chi connectivity index (χ3n) is 3.28. The Morgan fingerprint density at radius 2 is 1.04 bits per heavy atom. The van der Waals surface area contributed by atoms with Crippen molar-refractivity contribution >= 4 is 23.9 Å². The minimum atomic E-state index is -1.84. The van der Waals surface area contributed by atoms with Crippen LogP contribution in [-0.2, 0) is 0 Å². The molecule has 0 radical (unpaired) electrons. The van der Waals surface area contributed by atoms with Gasteiger partial charge in [0, 0.05) is 0 Å². The van der Waals surface area contributed by atoms with Gasteiger partial charge < -0.3 is 26.1 Å². The van der Waals surface area contributed by atoms with Gasteiger partial charge in [0.2, 0.25) is 0 Å². The molecule has 0 aliphatic carbocycles. The van der Waals surface area contributed by atoms with Gasteiger partial charge in [0.15, 0.2) is 0 Å². The topological polar surface area (TPSA) is 149 Å². The maximum Gasteiger partial charge on any atom is 1.00 e. The van der Waals surface area contributed by atoms with Crippen molar-refractivity contribution in [2.75, 3.05) is 0 Å². The molecule has 8 nitrogen and oxygen atoms in total. The predicted octanol–water partition coefficient (Wildman–Crippen LogP) is -9.39. The van der Waals surface area contributed by atoms with Crippen LogP contribution in [0.15, 0.2) is 36.4 Å². The quantitative estimate of drug-likeness (QED) is 0.345. The van der Waals surface area contributed by atoms with Crippen molar-refractivity contribution in [1.29, 1.82) is 0 Å². The van der Waals surface area contributed by atoms with Crippen LogP contribution >= 0.6 is 0 Å². The first-order valence-electron chi connectivity index (χ1n) is 6.45. The number of carbonyl (C=O) groups is 4. The number of carboxylic acids is 4. The van der Waals surface area contributed by atoms with E-state index in [0.29, 0.717) is 0 Å². The van der Waals surface area contributed by atoms with E-state index in [1.807, 2.05) is 0 Å². The van der Waals surface area contributed by atoms with Gasteiger partial charge in [-0.3, -0.25) is 0 Å². The first-order valence-corrected chi connectivity index (χ1v) is 6.45. The van der Waals surface area contributed by atoms with E-state index in [-0.39, 0.29) is 135 Å². The molecule has 2 aromatic carbocycles. The van der Waals surface area contributed by atoms with Crippen molar-refractivity contribution in [1.82, 2.24) is 0 Å². The monoisotopic (exact) mass is 426 g/mol. The van der Waals surface area contributed by atoms with Gasteiger partial charge in [-0.1, -0.05) is 30.3 Å². The summed E-state index contributed by atoms with van der Waals surface area (Å²) in [5, 5.41) is 37.1. The molecule has 4 N–H and O–H groups in total. The van der Waals surface area contributed by atoms with Crippen LogP contribution in [0.1, 0.15) is 47.1 Å². The Morgan fingerprint density at radius 1 is 0.607 bits per heavy atom. The predicted molar refractivity (Wildman–Crippen MR) is 84.2 cm³/mol. The van der Waals surface area contributed by atoms with Crippen LogP contribution in [0.25, 0.3) is 11.1 Å². The fourth-order valence-electron chi connectivity index (χ4n) is 2.36. The zero-order valence-electron chi connectivity index (χ0n) is 19.9. The maximum absolute atomic E-state index is 11.6. The molecule has 0 saturated carbocycles. The largest absolute Gasteiger partial charge is 1.00 e. The molecule has 0 atom stereocenters. The maximum atomic E-state index is 11.6. The summed E-state index contributed by atoms with van der Waals surface area (Å²) in [6, 6.07) is 8.50. The Hall–Kier alpha value is 0.320. The minimum absolute atomic E-state index is 0. The summed E-state index contributed by atoms with van der Waals surface area (Å²) in [6.45, 7) is 0. The molecule has 2 aromatic rings. The van der Waals surface area contributed by atoms with Crippen LogP contribution in [0, 0.1) is 0 Å². The van der Waals surface area contributed by atoms with E-state index in [1.54, 1.807) is 18.2 Å². The van der Waals surface area contributed by atoms with E-state index < -0.39 is 46.1 Å².